The summed E-state index contributed by atoms with van der Waals surface area (Å²) in [6, 6.07) is 7.70. The molecule has 1 aromatic carbocycles. The Morgan fingerprint density at radius 3 is 2.89 bits per heavy atom. The molecule has 0 saturated carbocycles. The molecule has 0 radical (unpaired) electrons. The van der Waals surface area contributed by atoms with E-state index < -0.39 is 0 Å². The fourth-order valence-electron chi connectivity index (χ4n) is 1.62. The van der Waals surface area contributed by atoms with Crippen molar-refractivity contribution < 1.29 is 9.53 Å². The van der Waals surface area contributed by atoms with Gasteiger partial charge in [0.1, 0.15) is 5.75 Å². The van der Waals surface area contributed by atoms with Gasteiger partial charge in [-0.15, -0.1) is 10.2 Å². The topological polar surface area (TPSA) is 90.1 Å². The van der Waals surface area contributed by atoms with Crippen molar-refractivity contribution in [3.8, 4) is 5.75 Å². The van der Waals surface area contributed by atoms with E-state index in [2.05, 4.69) is 15.5 Å². The number of nitrogens with two attached hydrogens (primary N) is 1. The zero-order chi connectivity index (χ0) is 13.7. The number of ether oxygens (including phenoxy) is 1. The third kappa shape index (κ3) is 3.41. The molecule has 0 aliphatic carbocycles. The van der Waals surface area contributed by atoms with Crippen molar-refractivity contribution in [2.24, 2.45) is 0 Å². The summed E-state index contributed by atoms with van der Waals surface area (Å²) >= 11 is 1.07. The predicted octanol–water partition coefficient (Wildman–Crippen LogP) is 1.10. The third-order valence-electron chi connectivity index (χ3n) is 2.51. The van der Waals surface area contributed by atoms with Crippen molar-refractivity contribution >= 4 is 22.4 Å². The Labute approximate surface area is 114 Å². The highest BCUT2D eigenvalue weighted by Gasteiger charge is 2.11. The molecule has 0 fully saturated rings. The number of nitrogens with one attached hydrogen (secondary N) is 1. The monoisotopic (exact) mass is 278 g/mol. The molecule has 19 heavy (non-hydrogen) atoms. The fraction of sp³-hybridized carbons (Fsp3) is 0.250. The number of methoxy groups -OCH3 is 1. The molecule has 0 unspecified atom stereocenters. The summed E-state index contributed by atoms with van der Waals surface area (Å²) in [5, 5.41) is 10.6. The van der Waals surface area contributed by atoms with Gasteiger partial charge in [0, 0.05) is 6.54 Å². The van der Waals surface area contributed by atoms with Gasteiger partial charge in [-0.2, -0.15) is 0 Å². The minimum Gasteiger partial charge on any atom is -0.496 e. The summed E-state index contributed by atoms with van der Waals surface area (Å²) in [4.78, 5) is 11.7. The van der Waals surface area contributed by atoms with Gasteiger partial charge in [0.15, 0.2) is 0 Å². The van der Waals surface area contributed by atoms with Gasteiger partial charge >= 0.3 is 0 Å². The van der Waals surface area contributed by atoms with Crippen LogP contribution in [0.25, 0.3) is 0 Å². The molecule has 0 bridgehead atoms. The van der Waals surface area contributed by atoms with Gasteiger partial charge in [0.05, 0.1) is 7.11 Å². The number of hydrogen-bond donors (Lipinski definition) is 2. The smallest absolute Gasteiger partial charge is 0.282 e. The van der Waals surface area contributed by atoms with E-state index in [-0.39, 0.29) is 16.0 Å². The van der Waals surface area contributed by atoms with Crippen LogP contribution in [0.15, 0.2) is 24.3 Å². The number of rotatable bonds is 5. The standard InChI is InChI=1S/C12H14N4O2S/c1-18-9-5-3-2-4-8(9)6-7-14-10(17)11-15-16-12(13)19-11/h2-5H,6-7H2,1H3,(H2,13,16)(H,14,17). The van der Waals surface area contributed by atoms with Gasteiger partial charge in [-0.25, -0.2) is 0 Å². The van der Waals surface area contributed by atoms with Gasteiger partial charge in [-0.3, -0.25) is 4.79 Å². The zero-order valence-electron chi connectivity index (χ0n) is 10.4. The summed E-state index contributed by atoms with van der Waals surface area (Å²) in [6.45, 7) is 0.499. The van der Waals surface area contributed by atoms with Gasteiger partial charge < -0.3 is 15.8 Å². The molecule has 7 heteroatoms. The third-order valence-corrected chi connectivity index (χ3v) is 3.26. The maximum absolute atomic E-state index is 11.7. The fourth-order valence-corrected chi connectivity index (χ4v) is 2.15. The van der Waals surface area contributed by atoms with Crippen molar-refractivity contribution in [3.05, 3.63) is 34.8 Å². The maximum Gasteiger partial charge on any atom is 0.282 e. The number of carbonyl (C=O) groups excluding carboxylic acids is 1. The minimum atomic E-state index is -0.260. The molecule has 2 aromatic rings. The van der Waals surface area contributed by atoms with E-state index in [9.17, 15) is 4.79 Å². The van der Waals surface area contributed by atoms with E-state index in [0.717, 1.165) is 22.6 Å². The van der Waals surface area contributed by atoms with Crippen LogP contribution in [0.4, 0.5) is 5.13 Å². The second kappa shape index (κ2) is 6.14. The Balaban J connectivity index is 1.88. The molecule has 100 valence electrons. The number of amides is 1. The molecule has 1 aromatic heterocycles. The lowest BCUT2D eigenvalue weighted by Crippen LogP contribution is -2.25. The summed E-state index contributed by atoms with van der Waals surface area (Å²) in [5.41, 5.74) is 6.47. The molecule has 2 rings (SSSR count). The highest BCUT2D eigenvalue weighted by molar-refractivity contribution is 7.16. The molecule has 6 nitrogen and oxygen atoms in total. The van der Waals surface area contributed by atoms with Gasteiger partial charge in [-0.05, 0) is 18.1 Å². The van der Waals surface area contributed by atoms with E-state index in [0.29, 0.717) is 13.0 Å². The van der Waals surface area contributed by atoms with E-state index in [4.69, 9.17) is 10.5 Å². The average Bonchev–Trinajstić information content (AvgIpc) is 2.86. The first kappa shape index (κ1) is 13.3. The van der Waals surface area contributed by atoms with Crippen LogP contribution in [0.5, 0.6) is 5.75 Å². The van der Waals surface area contributed by atoms with E-state index in [1.54, 1.807) is 7.11 Å². The van der Waals surface area contributed by atoms with E-state index >= 15 is 0 Å². The molecule has 3 N–H and O–H groups in total. The van der Waals surface area contributed by atoms with Crippen molar-refractivity contribution in [2.45, 2.75) is 6.42 Å². The second-order valence-corrected chi connectivity index (χ2v) is 4.77. The zero-order valence-corrected chi connectivity index (χ0v) is 11.2. The lowest BCUT2D eigenvalue weighted by atomic mass is 10.1. The van der Waals surface area contributed by atoms with Gasteiger partial charge in [0.2, 0.25) is 10.1 Å². The Hall–Kier alpha value is -2.15. The maximum atomic E-state index is 11.7. The Morgan fingerprint density at radius 1 is 1.42 bits per heavy atom. The van der Waals surface area contributed by atoms with Crippen LogP contribution >= 0.6 is 11.3 Å². The summed E-state index contributed by atoms with van der Waals surface area (Å²) < 4.78 is 5.24. The minimum absolute atomic E-state index is 0.260. The quantitative estimate of drug-likeness (QED) is 0.854. The van der Waals surface area contributed by atoms with Crippen LogP contribution in [-0.4, -0.2) is 29.8 Å². The van der Waals surface area contributed by atoms with Gasteiger partial charge in [-0.1, -0.05) is 29.5 Å². The largest absolute Gasteiger partial charge is 0.496 e. The first-order chi connectivity index (χ1) is 9.20. The van der Waals surface area contributed by atoms with Crippen molar-refractivity contribution in [1.29, 1.82) is 0 Å². The van der Waals surface area contributed by atoms with Crippen LogP contribution in [-0.2, 0) is 6.42 Å². The number of hydrogen-bond acceptors (Lipinski definition) is 6. The average molecular weight is 278 g/mol. The Kier molecular flexibility index (Phi) is 4.30. The van der Waals surface area contributed by atoms with Gasteiger partial charge in [0.25, 0.3) is 5.91 Å². The van der Waals surface area contributed by atoms with Crippen LogP contribution in [0, 0.1) is 0 Å². The van der Waals surface area contributed by atoms with E-state index in [1.807, 2.05) is 24.3 Å². The van der Waals surface area contributed by atoms with Crippen molar-refractivity contribution in [2.75, 3.05) is 19.4 Å². The molecule has 1 amide bonds. The first-order valence-corrected chi connectivity index (χ1v) is 6.51. The lowest BCUT2D eigenvalue weighted by molar-refractivity contribution is 0.0953. The van der Waals surface area contributed by atoms with Crippen LogP contribution in [0.1, 0.15) is 15.4 Å². The van der Waals surface area contributed by atoms with Crippen LogP contribution in [0.2, 0.25) is 0 Å². The Bertz CT molecular complexity index is 570. The molecule has 0 spiro atoms. The molecule has 0 aliphatic rings. The van der Waals surface area contributed by atoms with E-state index in [1.165, 1.54) is 0 Å². The number of nitrogens with zero attached hydrogens (tertiary/aromatic N) is 2. The molecule has 0 saturated heterocycles. The summed E-state index contributed by atoms with van der Waals surface area (Å²) in [7, 11) is 1.63. The number of anilines is 1. The number of nitrogen functional groups attached to an aromatic ring is 1. The number of benzene rings is 1. The number of aromatic nitrogens is 2. The summed E-state index contributed by atoms with van der Waals surface area (Å²) in [6.07, 6.45) is 0.685. The molecule has 1 heterocycles. The molecule has 0 aliphatic heterocycles. The SMILES string of the molecule is COc1ccccc1CCNC(=O)c1nnc(N)s1. The van der Waals surface area contributed by atoms with Crippen molar-refractivity contribution in [3.63, 3.8) is 0 Å². The molecular weight excluding hydrogens is 264 g/mol. The van der Waals surface area contributed by atoms with Crippen LogP contribution < -0.4 is 15.8 Å². The highest BCUT2D eigenvalue weighted by atomic mass is 32.1. The number of para-hydroxylation sites is 1. The van der Waals surface area contributed by atoms with Crippen LogP contribution in [0.3, 0.4) is 0 Å². The normalized spacial score (nSPS) is 10.2. The first-order valence-electron chi connectivity index (χ1n) is 5.70. The second-order valence-electron chi connectivity index (χ2n) is 3.76. The number of carbonyl (C=O) groups is 1. The molecular formula is C12H14N4O2S. The highest BCUT2D eigenvalue weighted by Crippen LogP contribution is 2.17. The Morgan fingerprint density at radius 2 is 2.21 bits per heavy atom. The lowest BCUT2D eigenvalue weighted by Gasteiger charge is -2.08. The predicted molar refractivity (Wildman–Crippen MR) is 73.4 cm³/mol. The van der Waals surface area contributed by atoms with Crippen molar-refractivity contribution in [1.82, 2.24) is 15.5 Å². The summed E-state index contributed by atoms with van der Waals surface area (Å²) in [5.74, 6) is 0.556. The molecule has 0 atom stereocenters.